The van der Waals surface area contributed by atoms with Crippen LogP contribution in [0.1, 0.15) is 10.4 Å². The Labute approximate surface area is 85.9 Å². The summed E-state index contributed by atoms with van der Waals surface area (Å²) in [5.41, 5.74) is 1.35. The minimum absolute atomic E-state index is 0.209. The molecule has 0 spiro atoms. The van der Waals surface area contributed by atoms with Gasteiger partial charge >= 0.3 is 5.97 Å². The van der Waals surface area contributed by atoms with Crippen LogP contribution in [-0.2, 0) is 0 Å². The average molecular weight is 206 g/mol. The first-order valence-corrected chi connectivity index (χ1v) is 4.39. The van der Waals surface area contributed by atoms with Crippen molar-refractivity contribution in [1.29, 1.82) is 0 Å². The van der Waals surface area contributed by atoms with E-state index < -0.39 is 5.97 Å². The third-order valence-electron chi connectivity index (χ3n) is 2.01. The van der Waals surface area contributed by atoms with Crippen LogP contribution in [0.2, 0.25) is 0 Å². The molecule has 0 atom stereocenters. The number of carbonyl (C=O) groups is 1. The van der Waals surface area contributed by atoms with E-state index in [1.165, 1.54) is 12.1 Å². The van der Waals surface area contributed by atoms with Crippen LogP contribution in [0.5, 0.6) is 0 Å². The first-order valence-electron chi connectivity index (χ1n) is 4.39. The van der Waals surface area contributed by atoms with Gasteiger partial charge < -0.3 is 14.4 Å². The lowest BCUT2D eigenvalue weighted by atomic mass is 10.2. The topological polar surface area (TPSA) is 66.6 Å². The molecule has 5 nitrogen and oxygen atoms in total. The maximum atomic E-state index is 10.7. The number of anilines is 1. The Kier molecular flexibility index (Phi) is 2.07. The van der Waals surface area contributed by atoms with Crippen LogP contribution >= 0.6 is 0 Å². The molecule has 0 saturated heterocycles. The molecular formula is C10H10N2O3. The predicted octanol–water partition coefficient (Wildman–Crippen LogP) is 1.59. The van der Waals surface area contributed by atoms with Gasteiger partial charge in [-0.2, -0.15) is 4.98 Å². The molecular weight excluding hydrogens is 196 g/mol. The van der Waals surface area contributed by atoms with Crippen molar-refractivity contribution in [2.45, 2.75) is 0 Å². The van der Waals surface area contributed by atoms with Gasteiger partial charge in [-0.1, -0.05) is 0 Å². The van der Waals surface area contributed by atoms with E-state index in [9.17, 15) is 4.79 Å². The van der Waals surface area contributed by atoms with Gasteiger partial charge in [0.25, 0.3) is 6.01 Å². The van der Waals surface area contributed by atoms with Gasteiger partial charge in [-0.15, -0.1) is 0 Å². The summed E-state index contributed by atoms with van der Waals surface area (Å²) in [6.45, 7) is 0. The number of fused-ring (bicyclic) bond motifs is 1. The van der Waals surface area contributed by atoms with Gasteiger partial charge in [-0.25, -0.2) is 4.79 Å². The molecule has 0 aliphatic carbocycles. The Bertz CT molecular complexity index is 516. The number of hydrogen-bond acceptors (Lipinski definition) is 4. The molecule has 5 heteroatoms. The summed E-state index contributed by atoms with van der Waals surface area (Å²) in [7, 11) is 3.62. The molecule has 78 valence electrons. The van der Waals surface area contributed by atoms with Gasteiger partial charge in [0.05, 0.1) is 5.56 Å². The summed E-state index contributed by atoms with van der Waals surface area (Å²) >= 11 is 0. The van der Waals surface area contributed by atoms with E-state index >= 15 is 0 Å². The van der Waals surface area contributed by atoms with E-state index in [0.717, 1.165) is 0 Å². The molecule has 0 radical (unpaired) electrons. The SMILES string of the molecule is CN(C)c1nc2cc(C(=O)O)ccc2o1. The van der Waals surface area contributed by atoms with E-state index in [2.05, 4.69) is 4.98 Å². The van der Waals surface area contributed by atoms with Crippen molar-refractivity contribution in [3.05, 3.63) is 23.8 Å². The number of aromatic nitrogens is 1. The van der Waals surface area contributed by atoms with Crippen molar-refractivity contribution >= 4 is 23.1 Å². The molecule has 0 aliphatic heterocycles. The summed E-state index contributed by atoms with van der Waals surface area (Å²) in [6.07, 6.45) is 0. The Morgan fingerprint density at radius 3 is 2.80 bits per heavy atom. The van der Waals surface area contributed by atoms with Crippen molar-refractivity contribution in [2.75, 3.05) is 19.0 Å². The van der Waals surface area contributed by atoms with Gasteiger partial charge in [0.15, 0.2) is 5.58 Å². The zero-order chi connectivity index (χ0) is 11.0. The third kappa shape index (κ3) is 1.63. The lowest BCUT2D eigenvalue weighted by Gasteiger charge is -2.03. The molecule has 1 heterocycles. The number of carboxylic acids is 1. The maximum Gasteiger partial charge on any atom is 0.335 e. The van der Waals surface area contributed by atoms with Gasteiger partial charge in [0.1, 0.15) is 5.52 Å². The fraction of sp³-hybridized carbons (Fsp3) is 0.200. The van der Waals surface area contributed by atoms with E-state index in [1.807, 2.05) is 14.1 Å². The number of nitrogens with zero attached hydrogens (tertiary/aromatic N) is 2. The highest BCUT2D eigenvalue weighted by Gasteiger charge is 2.10. The van der Waals surface area contributed by atoms with E-state index in [1.54, 1.807) is 11.0 Å². The molecule has 0 fully saturated rings. The van der Waals surface area contributed by atoms with Crippen LogP contribution in [0.25, 0.3) is 11.1 Å². The number of rotatable bonds is 2. The minimum atomic E-state index is -0.966. The normalized spacial score (nSPS) is 10.5. The van der Waals surface area contributed by atoms with Crippen molar-refractivity contribution < 1.29 is 14.3 Å². The monoisotopic (exact) mass is 206 g/mol. The van der Waals surface area contributed by atoms with Crippen LogP contribution in [0.3, 0.4) is 0 Å². The molecule has 0 aliphatic rings. The molecule has 0 saturated carbocycles. The largest absolute Gasteiger partial charge is 0.478 e. The Balaban J connectivity index is 2.57. The molecule has 0 unspecified atom stereocenters. The van der Waals surface area contributed by atoms with Crippen molar-refractivity contribution in [3.8, 4) is 0 Å². The van der Waals surface area contributed by atoms with Crippen LogP contribution in [0.4, 0.5) is 6.01 Å². The first-order chi connectivity index (χ1) is 7.08. The average Bonchev–Trinajstić information content (AvgIpc) is 2.59. The number of hydrogen-bond donors (Lipinski definition) is 1. The highest BCUT2D eigenvalue weighted by atomic mass is 16.4. The first kappa shape index (κ1) is 9.51. The van der Waals surface area contributed by atoms with Gasteiger partial charge in [-0.3, -0.25) is 0 Å². The summed E-state index contributed by atoms with van der Waals surface area (Å²) in [6, 6.07) is 5.06. The van der Waals surface area contributed by atoms with Gasteiger partial charge in [-0.05, 0) is 18.2 Å². The predicted molar refractivity (Wildman–Crippen MR) is 55.3 cm³/mol. The number of aromatic carboxylic acids is 1. The zero-order valence-electron chi connectivity index (χ0n) is 8.39. The Morgan fingerprint density at radius 1 is 1.47 bits per heavy atom. The lowest BCUT2D eigenvalue weighted by molar-refractivity contribution is 0.0697. The van der Waals surface area contributed by atoms with Crippen molar-refractivity contribution in [2.24, 2.45) is 0 Å². The highest BCUT2D eigenvalue weighted by Crippen LogP contribution is 2.21. The van der Waals surface area contributed by atoms with Crippen molar-refractivity contribution in [1.82, 2.24) is 4.98 Å². The van der Waals surface area contributed by atoms with Crippen LogP contribution in [-0.4, -0.2) is 30.2 Å². The van der Waals surface area contributed by atoms with Crippen LogP contribution in [0, 0.1) is 0 Å². The fourth-order valence-corrected chi connectivity index (χ4v) is 1.24. The Hall–Kier alpha value is -2.04. The summed E-state index contributed by atoms with van der Waals surface area (Å²) in [4.78, 5) is 16.6. The molecule has 15 heavy (non-hydrogen) atoms. The standard InChI is InChI=1S/C10H10N2O3/c1-12(2)10-11-7-5-6(9(13)14)3-4-8(7)15-10/h3-5H,1-2H3,(H,13,14). The Morgan fingerprint density at radius 2 is 2.20 bits per heavy atom. The molecule has 0 bridgehead atoms. The zero-order valence-corrected chi connectivity index (χ0v) is 8.39. The minimum Gasteiger partial charge on any atom is -0.478 e. The van der Waals surface area contributed by atoms with Crippen LogP contribution < -0.4 is 4.90 Å². The van der Waals surface area contributed by atoms with Crippen LogP contribution in [0.15, 0.2) is 22.6 Å². The molecule has 1 N–H and O–H groups in total. The van der Waals surface area contributed by atoms with E-state index in [4.69, 9.17) is 9.52 Å². The highest BCUT2D eigenvalue weighted by molar-refractivity contribution is 5.92. The van der Waals surface area contributed by atoms with E-state index in [-0.39, 0.29) is 5.56 Å². The number of carboxylic acid groups (broad SMARTS) is 1. The molecule has 2 rings (SSSR count). The number of benzene rings is 1. The van der Waals surface area contributed by atoms with Crippen molar-refractivity contribution in [3.63, 3.8) is 0 Å². The smallest absolute Gasteiger partial charge is 0.335 e. The second kappa shape index (κ2) is 3.27. The second-order valence-electron chi connectivity index (χ2n) is 3.38. The van der Waals surface area contributed by atoms with Gasteiger partial charge in [0.2, 0.25) is 0 Å². The number of oxazole rings is 1. The lowest BCUT2D eigenvalue weighted by Crippen LogP contribution is -2.08. The fourth-order valence-electron chi connectivity index (χ4n) is 1.24. The third-order valence-corrected chi connectivity index (χ3v) is 2.01. The van der Waals surface area contributed by atoms with Gasteiger partial charge in [0, 0.05) is 14.1 Å². The maximum absolute atomic E-state index is 10.7. The molecule has 1 aromatic carbocycles. The second-order valence-corrected chi connectivity index (χ2v) is 3.38. The summed E-state index contributed by atoms with van der Waals surface area (Å²) in [5.74, 6) is -0.966. The molecule has 0 amide bonds. The summed E-state index contributed by atoms with van der Waals surface area (Å²) in [5, 5.41) is 8.79. The van der Waals surface area contributed by atoms with E-state index in [0.29, 0.717) is 17.1 Å². The molecule has 1 aromatic heterocycles. The molecule has 2 aromatic rings. The quantitative estimate of drug-likeness (QED) is 0.808. The summed E-state index contributed by atoms with van der Waals surface area (Å²) < 4.78 is 5.39.